The van der Waals surface area contributed by atoms with Gasteiger partial charge >= 0.3 is 0 Å². The lowest BCUT2D eigenvalue weighted by atomic mass is 9.72. The predicted molar refractivity (Wildman–Crippen MR) is 59.6 cm³/mol. The van der Waals surface area contributed by atoms with Gasteiger partial charge in [-0.2, -0.15) is 0 Å². The van der Waals surface area contributed by atoms with Gasteiger partial charge in [0.1, 0.15) is 0 Å². The van der Waals surface area contributed by atoms with Gasteiger partial charge in [-0.25, -0.2) is 0 Å². The second-order valence-electron chi connectivity index (χ2n) is 4.96. The largest absolute Gasteiger partial charge is 0.0819 e. The molecule has 0 N–H and O–H groups in total. The molecular weight excluding hydrogens is 156 g/mol. The molecule has 0 amide bonds. The van der Waals surface area contributed by atoms with Crippen molar-refractivity contribution in [1.29, 1.82) is 0 Å². The number of rotatable bonds is 2. The van der Waals surface area contributed by atoms with Crippen LogP contribution >= 0.6 is 0 Å². The van der Waals surface area contributed by atoms with Crippen LogP contribution in [-0.2, 0) is 0 Å². The van der Waals surface area contributed by atoms with Crippen LogP contribution < -0.4 is 0 Å². The van der Waals surface area contributed by atoms with Crippen molar-refractivity contribution in [2.75, 3.05) is 0 Å². The summed E-state index contributed by atoms with van der Waals surface area (Å²) in [7, 11) is 0. The highest BCUT2D eigenvalue weighted by Crippen LogP contribution is 2.36. The lowest BCUT2D eigenvalue weighted by molar-refractivity contribution is 0.275. The molecule has 0 spiro atoms. The van der Waals surface area contributed by atoms with Crippen LogP contribution in [0.4, 0.5) is 0 Å². The third kappa shape index (κ3) is 2.36. The van der Waals surface area contributed by atoms with Crippen LogP contribution in [0.3, 0.4) is 0 Å². The minimum atomic E-state index is 0.806. The Morgan fingerprint density at radius 2 is 2.08 bits per heavy atom. The first-order valence-corrected chi connectivity index (χ1v) is 5.74. The molecule has 1 aliphatic carbocycles. The summed E-state index contributed by atoms with van der Waals surface area (Å²) < 4.78 is 0. The smallest absolute Gasteiger partial charge is 0.0202 e. The van der Waals surface area contributed by atoms with Crippen molar-refractivity contribution in [3.8, 4) is 0 Å². The zero-order valence-electron chi connectivity index (χ0n) is 9.80. The summed E-state index contributed by atoms with van der Waals surface area (Å²) in [5, 5.41) is 0. The molecule has 0 saturated heterocycles. The molecule has 0 radical (unpaired) electrons. The van der Waals surface area contributed by atoms with Crippen molar-refractivity contribution in [2.24, 2.45) is 23.7 Å². The minimum Gasteiger partial charge on any atom is -0.0819 e. The van der Waals surface area contributed by atoms with Crippen LogP contribution in [-0.4, -0.2) is 0 Å². The summed E-state index contributed by atoms with van der Waals surface area (Å²) in [5.74, 6) is 3.39. The van der Waals surface area contributed by atoms with Gasteiger partial charge in [0.25, 0.3) is 0 Å². The molecule has 76 valence electrons. The average molecular weight is 180 g/mol. The molecule has 0 fully saturated rings. The Hall–Kier alpha value is -0.260. The maximum absolute atomic E-state index is 2.53. The van der Waals surface area contributed by atoms with Gasteiger partial charge in [0.05, 0.1) is 0 Å². The van der Waals surface area contributed by atoms with E-state index in [0.717, 1.165) is 23.7 Å². The Kier molecular flexibility index (Phi) is 3.58. The highest BCUT2D eigenvalue weighted by atomic mass is 14.3. The molecule has 4 unspecified atom stereocenters. The topological polar surface area (TPSA) is 0 Å². The van der Waals surface area contributed by atoms with E-state index in [2.05, 4.69) is 40.7 Å². The third-order valence-corrected chi connectivity index (χ3v) is 4.07. The molecule has 0 saturated carbocycles. The van der Waals surface area contributed by atoms with Gasteiger partial charge in [-0.15, -0.1) is 0 Å². The van der Waals surface area contributed by atoms with Gasteiger partial charge in [-0.1, -0.05) is 45.8 Å². The van der Waals surface area contributed by atoms with E-state index in [1.54, 1.807) is 5.57 Å². The summed E-state index contributed by atoms with van der Waals surface area (Å²) in [4.78, 5) is 0. The fourth-order valence-electron chi connectivity index (χ4n) is 2.34. The fraction of sp³-hybridized carbons (Fsp3) is 0.846. The predicted octanol–water partition coefficient (Wildman–Crippen LogP) is 4.27. The van der Waals surface area contributed by atoms with E-state index in [1.807, 2.05) is 0 Å². The van der Waals surface area contributed by atoms with Gasteiger partial charge in [-0.3, -0.25) is 0 Å². The van der Waals surface area contributed by atoms with Gasteiger partial charge in [0.2, 0.25) is 0 Å². The second kappa shape index (κ2) is 4.30. The molecule has 0 aromatic rings. The van der Waals surface area contributed by atoms with E-state index in [1.165, 1.54) is 12.8 Å². The Morgan fingerprint density at radius 3 is 2.54 bits per heavy atom. The summed E-state index contributed by atoms with van der Waals surface area (Å²) in [6.45, 7) is 11.8. The zero-order chi connectivity index (χ0) is 10.0. The van der Waals surface area contributed by atoms with Crippen molar-refractivity contribution < 1.29 is 0 Å². The summed E-state index contributed by atoms with van der Waals surface area (Å²) in [5.41, 5.74) is 1.61. The monoisotopic (exact) mass is 180 g/mol. The third-order valence-electron chi connectivity index (χ3n) is 4.07. The van der Waals surface area contributed by atoms with E-state index < -0.39 is 0 Å². The summed E-state index contributed by atoms with van der Waals surface area (Å²) >= 11 is 0. The zero-order valence-corrected chi connectivity index (χ0v) is 9.80. The van der Waals surface area contributed by atoms with E-state index >= 15 is 0 Å². The Balaban J connectivity index is 2.71. The molecule has 0 aromatic carbocycles. The molecular formula is C13H24. The molecule has 0 heteroatoms. The highest BCUT2D eigenvalue weighted by molar-refractivity contribution is 5.10. The van der Waals surface area contributed by atoms with Crippen LogP contribution in [0.1, 0.15) is 47.5 Å². The SMILES string of the molecule is CCC(C)C1C=C(C)C(C)C(C)C1. The van der Waals surface area contributed by atoms with Gasteiger partial charge in [0.15, 0.2) is 0 Å². The van der Waals surface area contributed by atoms with Crippen LogP contribution in [0.15, 0.2) is 11.6 Å². The van der Waals surface area contributed by atoms with E-state index in [9.17, 15) is 0 Å². The van der Waals surface area contributed by atoms with Gasteiger partial charge in [-0.05, 0) is 37.0 Å². The first-order valence-electron chi connectivity index (χ1n) is 5.74. The lowest BCUT2D eigenvalue weighted by Gasteiger charge is -2.33. The molecule has 4 atom stereocenters. The highest BCUT2D eigenvalue weighted by Gasteiger charge is 2.26. The molecule has 13 heavy (non-hydrogen) atoms. The second-order valence-corrected chi connectivity index (χ2v) is 4.96. The van der Waals surface area contributed by atoms with Crippen LogP contribution in [0.25, 0.3) is 0 Å². The summed E-state index contributed by atoms with van der Waals surface area (Å²) in [6, 6.07) is 0. The molecule has 0 bridgehead atoms. The average Bonchev–Trinajstić information content (AvgIpc) is 2.12. The van der Waals surface area contributed by atoms with Crippen molar-refractivity contribution in [2.45, 2.75) is 47.5 Å². The van der Waals surface area contributed by atoms with Crippen molar-refractivity contribution in [1.82, 2.24) is 0 Å². The molecule has 0 aliphatic heterocycles. The van der Waals surface area contributed by atoms with Crippen molar-refractivity contribution in [3.05, 3.63) is 11.6 Å². The minimum absolute atomic E-state index is 0.806. The van der Waals surface area contributed by atoms with Gasteiger partial charge < -0.3 is 0 Å². The Bertz CT molecular complexity index is 190. The summed E-state index contributed by atoms with van der Waals surface area (Å²) in [6.07, 6.45) is 5.24. The molecule has 1 rings (SSSR count). The molecule has 1 aliphatic rings. The van der Waals surface area contributed by atoms with E-state index in [4.69, 9.17) is 0 Å². The Labute approximate surface area is 83.4 Å². The first kappa shape index (κ1) is 10.8. The maximum atomic E-state index is 2.53. The quantitative estimate of drug-likeness (QED) is 0.557. The van der Waals surface area contributed by atoms with E-state index in [0.29, 0.717) is 0 Å². The maximum Gasteiger partial charge on any atom is -0.0202 e. The van der Waals surface area contributed by atoms with Crippen LogP contribution in [0.5, 0.6) is 0 Å². The molecule has 0 aromatic heterocycles. The molecule has 0 heterocycles. The van der Waals surface area contributed by atoms with Crippen molar-refractivity contribution >= 4 is 0 Å². The van der Waals surface area contributed by atoms with Crippen LogP contribution in [0.2, 0.25) is 0 Å². The fourth-order valence-corrected chi connectivity index (χ4v) is 2.34. The lowest BCUT2D eigenvalue weighted by Crippen LogP contribution is -2.23. The van der Waals surface area contributed by atoms with Crippen molar-refractivity contribution in [3.63, 3.8) is 0 Å². The van der Waals surface area contributed by atoms with Crippen LogP contribution in [0, 0.1) is 23.7 Å². The molecule has 0 nitrogen and oxygen atoms in total. The van der Waals surface area contributed by atoms with E-state index in [-0.39, 0.29) is 0 Å². The normalized spacial score (nSPS) is 37.0. The first-order chi connectivity index (χ1) is 6.06. The van der Waals surface area contributed by atoms with Gasteiger partial charge in [0, 0.05) is 0 Å². The number of hydrogen-bond donors (Lipinski definition) is 0. The number of hydrogen-bond acceptors (Lipinski definition) is 0. The standard InChI is InChI=1S/C13H24/c1-6-9(2)13-7-10(3)12(5)11(4)8-13/h7,9,11-13H,6,8H2,1-5H3. The Morgan fingerprint density at radius 1 is 1.46 bits per heavy atom. The number of allylic oxidation sites excluding steroid dienone is 2.